The van der Waals surface area contributed by atoms with Crippen LogP contribution >= 0.6 is 0 Å². The second-order valence-electron chi connectivity index (χ2n) is 30.3. The van der Waals surface area contributed by atoms with Crippen LogP contribution in [0.5, 0.6) is 11.5 Å². The van der Waals surface area contributed by atoms with Gasteiger partial charge in [0.2, 0.25) is 82.7 Å². The van der Waals surface area contributed by atoms with Crippen LogP contribution in [-0.2, 0) is 84.8 Å². The van der Waals surface area contributed by atoms with Crippen molar-refractivity contribution >= 4 is 101 Å². The Balaban J connectivity index is 1.37. The van der Waals surface area contributed by atoms with Crippen molar-refractivity contribution in [2.75, 3.05) is 32.7 Å². The van der Waals surface area contributed by atoms with E-state index < -0.39 is 174 Å². The zero-order valence-corrected chi connectivity index (χ0v) is 66.5. The number of guanidine groups is 2. The minimum atomic E-state index is -1.78. The summed E-state index contributed by atoms with van der Waals surface area (Å²) in [4.78, 5) is 220. The quantitative estimate of drug-likeness (QED) is 0.0173. The first-order chi connectivity index (χ1) is 54.4. The van der Waals surface area contributed by atoms with Crippen LogP contribution < -0.4 is 92.9 Å². The van der Waals surface area contributed by atoms with E-state index in [0.29, 0.717) is 24.0 Å². The Morgan fingerprint density at radius 1 is 0.487 bits per heavy atom. The van der Waals surface area contributed by atoms with E-state index in [1.54, 1.807) is 41.5 Å². The highest BCUT2D eigenvalue weighted by molar-refractivity contribution is 6.01. The highest BCUT2D eigenvalue weighted by Gasteiger charge is 2.44. The van der Waals surface area contributed by atoms with Gasteiger partial charge in [0.25, 0.3) is 0 Å². The van der Waals surface area contributed by atoms with E-state index in [4.69, 9.17) is 34.4 Å². The summed E-state index contributed by atoms with van der Waals surface area (Å²) < 4.78 is 0. The van der Waals surface area contributed by atoms with Crippen molar-refractivity contribution in [3.63, 3.8) is 0 Å². The van der Waals surface area contributed by atoms with Gasteiger partial charge in [-0.25, -0.2) is 4.79 Å². The number of aliphatic carboxylic acids is 1. The lowest BCUT2D eigenvalue weighted by Gasteiger charge is -2.32. The molecule has 0 bridgehead atoms. The minimum Gasteiger partial charge on any atom is -0.508 e. The monoisotopic (exact) mass is 1610 g/mol. The van der Waals surface area contributed by atoms with Gasteiger partial charge in [-0.1, -0.05) is 72.2 Å². The number of amides is 14. The number of phenolic OH excluding ortho intramolecular Hbond substituents is 2. The Morgan fingerprint density at radius 2 is 0.904 bits per heavy atom. The van der Waals surface area contributed by atoms with E-state index in [0.717, 1.165) is 0 Å². The number of carboxylic acid groups (broad SMARTS) is 1. The van der Waals surface area contributed by atoms with Crippen LogP contribution in [0.25, 0.3) is 0 Å². The zero-order valence-electron chi connectivity index (χ0n) is 66.5. The van der Waals surface area contributed by atoms with Crippen molar-refractivity contribution < 1.29 is 87.2 Å². The molecule has 0 radical (unpaired) electrons. The third-order valence-corrected chi connectivity index (χ3v) is 20.0. The maximum absolute atomic E-state index is 15.1. The largest absolute Gasteiger partial charge is 0.508 e. The van der Waals surface area contributed by atoms with Crippen molar-refractivity contribution in [1.29, 1.82) is 0 Å². The number of nitrogens with one attached hydrogen (secondary N) is 11. The topological polar surface area (TPSA) is 636 Å². The van der Waals surface area contributed by atoms with Crippen LogP contribution in [0.1, 0.15) is 169 Å². The molecule has 3 aliphatic heterocycles. The molecule has 5 rings (SSSR count). The zero-order chi connectivity index (χ0) is 85.3. The molecular weight excluding hydrogens is 1490 g/mol. The van der Waals surface area contributed by atoms with E-state index in [-0.39, 0.29) is 177 Å². The molecule has 14 atom stereocenters. The number of carbonyl (C=O) groups is 15. The number of carboxylic acids is 1. The molecule has 3 heterocycles. The molecule has 2 aromatic carbocycles. The first kappa shape index (κ1) is 94.2. The number of benzene rings is 2. The lowest BCUT2D eigenvalue weighted by molar-refractivity contribution is -0.144. The summed E-state index contributed by atoms with van der Waals surface area (Å²) >= 11 is 0. The molecule has 39 heteroatoms. The lowest BCUT2D eigenvalue weighted by Crippen LogP contribution is -2.61. The van der Waals surface area contributed by atoms with Crippen LogP contribution in [0, 0.1) is 17.8 Å². The first-order valence-corrected chi connectivity index (χ1v) is 39.2. The number of rotatable bonds is 47. The third kappa shape index (κ3) is 31.1. The molecule has 3 fully saturated rings. The van der Waals surface area contributed by atoms with Crippen molar-refractivity contribution in [3.8, 4) is 11.5 Å². The minimum absolute atomic E-state index is 0.00801. The fraction of sp³-hybridized carbons (Fsp3) is 0.618. The molecule has 636 valence electrons. The molecule has 115 heavy (non-hydrogen) atoms. The third-order valence-electron chi connectivity index (χ3n) is 20.0. The number of aromatic hydroxyl groups is 2. The number of likely N-dealkylation sites (tertiary alicyclic amines) is 2. The predicted molar refractivity (Wildman–Crippen MR) is 422 cm³/mol. The summed E-state index contributed by atoms with van der Waals surface area (Å²) in [5.74, 6) is -14.2. The smallest absolute Gasteiger partial charge is 0.326 e. The van der Waals surface area contributed by atoms with Crippen molar-refractivity contribution in [2.45, 2.75) is 249 Å². The summed E-state index contributed by atoms with van der Waals surface area (Å²) in [5, 5.41) is 59.1. The summed E-state index contributed by atoms with van der Waals surface area (Å²) in [6, 6.07) is -6.14. The van der Waals surface area contributed by atoms with Gasteiger partial charge in [0.1, 0.15) is 90.0 Å². The van der Waals surface area contributed by atoms with Crippen molar-refractivity contribution in [2.24, 2.45) is 62.1 Å². The molecular formula is C76H119N21O18. The Hall–Kier alpha value is -11.4. The summed E-state index contributed by atoms with van der Waals surface area (Å²) in [6.45, 7) is 12.0. The molecule has 0 saturated carbocycles. The maximum atomic E-state index is 15.1. The Bertz CT molecular complexity index is 3760. The fourth-order valence-electron chi connectivity index (χ4n) is 13.6. The van der Waals surface area contributed by atoms with Gasteiger partial charge in [-0.15, -0.1) is 0 Å². The van der Waals surface area contributed by atoms with Crippen LogP contribution in [-0.4, -0.2) is 237 Å². The summed E-state index contributed by atoms with van der Waals surface area (Å²) in [7, 11) is 0. The average molecular weight is 1610 g/mol. The number of unbranched alkanes of at least 4 members (excludes halogenated alkanes) is 1. The van der Waals surface area contributed by atoms with Gasteiger partial charge in [-0.2, -0.15) is 0 Å². The number of hydrogen-bond donors (Lipinski definition) is 20. The molecule has 0 aliphatic carbocycles. The molecule has 0 unspecified atom stereocenters. The molecule has 26 N–H and O–H groups in total. The number of aliphatic imine (C=N–C) groups is 2. The Morgan fingerprint density at radius 3 is 1.37 bits per heavy atom. The second-order valence-corrected chi connectivity index (χ2v) is 30.3. The van der Waals surface area contributed by atoms with E-state index in [1.165, 1.54) is 65.3 Å². The van der Waals surface area contributed by atoms with Gasteiger partial charge >= 0.3 is 5.97 Å². The number of carbonyl (C=O) groups excluding carboxylic acids is 14. The van der Waals surface area contributed by atoms with Crippen LogP contribution in [0.4, 0.5) is 0 Å². The van der Waals surface area contributed by atoms with Crippen LogP contribution in [0.2, 0.25) is 0 Å². The van der Waals surface area contributed by atoms with Gasteiger partial charge < -0.3 is 118 Å². The molecule has 3 aliphatic rings. The highest BCUT2D eigenvalue weighted by atomic mass is 16.4. The van der Waals surface area contributed by atoms with Gasteiger partial charge in [-0.3, -0.25) is 77.1 Å². The molecule has 39 nitrogen and oxygen atoms in total. The predicted octanol–water partition coefficient (Wildman–Crippen LogP) is -3.65. The molecule has 2 aromatic rings. The summed E-state index contributed by atoms with van der Waals surface area (Å²) in [5.41, 5.74) is 35.0. The van der Waals surface area contributed by atoms with Crippen LogP contribution in [0.15, 0.2) is 58.5 Å². The number of hydrogen-bond acceptors (Lipinski definition) is 20. The van der Waals surface area contributed by atoms with Gasteiger partial charge in [0.15, 0.2) is 11.9 Å². The Labute approximate surface area is 668 Å². The number of primary amides is 1. The van der Waals surface area contributed by atoms with E-state index in [2.05, 4.69) is 68.5 Å². The average Bonchev–Trinajstić information content (AvgIpc) is 1.68. The van der Waals surface area contributed by atoms with Gasteiger partial charge in [-0.05, 0) is 157 Å². The van der Waals surface area contributed by atoms with Crippen LogP contribution in [0.3, 0.4) is 0 Å². The van der Waals surface area contributed by atoms with E-state index in [1.807, 2.05) is 0 Å². The van der Waals surface area contributed by atoms with E-state index in [9.17, 15) is 82.4 Å². The maximum Gasteiger partial charge on any atom is 0.326 e. The lowest BCUT2D eigenvalue weighted by atomic mass is 9.96. The van der Waals surface area contributed by atoms with Crippen molar-refractivity contribution in [1.82, 2.24) is 68.3 Å². The molecule has 14 amide bonds. The second kappa shape index (κ2) is 46.7. The first-order valence-electron chi connectivity index (χ1n) is 39.2. The molecule has 3 saturated heterocycles. The highest BCUT2D eigenvalue weighted by Crippen LogP contribution is 2.25. The normalized spacial score (nSPS) is 18.0. The Kier molecular flexibility index (Phi) is 38.2. The SMILES string of the molecule is CC[C@H](C)[C@H](NC(=O)[C@H](Cc1ccc(O)cc1)NC(=O)[C@@H]1CCCN1C(=O)[C@H](CCCN=C(N)N)NC(=O)[C@H](CCCN=C(N)N)NC(=O)[C@@H]1CCCN1C(=O)[C@H](CCCCN)NC(=O)[C@H](CC(N)=O)NC(=O)[C@H](C)NC(=O)[C@H](Cc1ccc(O)cc1)NC(=O)[C@H](CC(C)C)NC(=O)[C@@H]1CCC(=O)N1)C(=O)N[C@@H](CC(C)C)C(=O)O. The van der Waals surface area contributed by atoms with E-state index >= 15 is 4.79 Å². The molecule has 0 spiro atoms. The number of phenols is 2. The number of nitrogens with zero attached hydrogens (tertiary/aromatic N) is 4. The van der Waals surface area contributed by atoms with Gasteiger partial charge in [0.05, 0.1) is 6.42 Å². The number of nitrogens with two attached hydrogens (primary N) is 6. The van der Waals surface area contributed by atoms with Crippen molar-refractivity contribution in [3.05, 3.63) is 59.7 Å². The van der Waals surface area contributed by atoms with Gasteiger partial charge in [0, 0.05) is 45.4 Å². The molecule has 0 aromatic heterocycles. The standard InChI is InChI=1S/C76H119N21O18/c1-8-42(6)61(71(111)94-56(74(114)115)36-41(4)5)95-68(108)54(38-45-22-26-47(99)27-23-45)93-70(110)58-19-14-34-97(58)73(113)51(17-12-32-84-76(81)82)88-63(103)48(16-11-31-83-75(79)80)87-69(109)57-18-13-33-96(57)72(112)50(15-9-10-30-77)89-67(107)55(39-59(78)100)90-62(102)43(7)85-65(105)53(37-44-20-24-46(98)25-21-44)92-66(106)52(35-40(2)3)91-64(104)49-28-29-60(101)86-49/h20-27,40-43,48-58,61,98-99H,8-19,28-39,77H2,1-7H3,(H2,78,100)(H,85,105)(H,86,101)(H,87,109)(H,88,103)(H,89,107)(H,90,102)(H,91,104)(H,92,106)(H,93,110)(H,94,111)(H,95,108)(H,114,115)(H4,79,80,83)(H4,81,82,84)/t42-,43-,48-,49-,50-,51-,52-,53-,54-,55-,56-,57-,58-,61-/m0/s1. The summed E-state index contributed by atoms with van der Waals surface area (Å²) in [6.07, 6.45) is 0.731. The fourth-order valence-corrected chi connectivity index (χ4v) is 13.6.